The van der Waals surface area contributed by atoms with Crippen LogP contribution < -0.4 is 14.2 Å². The fraction of sp³-hybridized carbons (Fsp3) is 0.500. The molecule has 2 heterocycles. The van der Waals surface area contributed by atoms with E-state index in [0.717, 1.165) is 50.9 Å². The number of amides is 1. The molecular formula is C28H35N3O5. The van der Waals surface area contributed by atoms with Gasteiger partial charge in [0.2, 0.25) is 5.91 Å². The SMILES string of the molecule is COCC(=O)N1CC2CCC(C1)N2CCCC(Oc1ccc(OC)c(OC)c1)c1ccc(C#N)cc1. The molecule has 0 saturated carbocycles. The molecule has 4 rings (SSSR count). The van der Waals surface area contributed by atoms with Gasteiger partial charge in [-0.1, -0.05) is 12.1 Å². The Morgan fingerprint density at radius 1 is 1.03 bits per heavy atom. The third-order valence-corrected chi connectivity index (χ3v) is 7.18. The molecule has 0 aliphatic carbocycles. The normalized spacial score (nSPS) is 20.0. The number of hydrogen-bond acceptors (Lipinski definition) is 7. The average molecular weight is 494 g/mol. The van der Waals surface area contributed by atoms with Gasteiger partial charge in [0, 0.05) is 38.3 Å². The second kappa shape index (κ2) is 12.1. The Morgan fingerprint density at radius 3 is 2.33 bits per heavy atom. The molecule has 2 aliphatic heterocycles. The van der Waals surface area contributed by atoms with Crippen LogP contribution in [0.1, 0.15) is 42.9 Å². The van der Waals surface area contributed by atoms with Crippen LogP contribution in [-0.2, 0) is 9.53 Å². The van der Waals surface area contributed by atoms with E-state index in [-0.39, 0.29) is 18.6 Å². The molecule has 2 aliphatic rings. The number of nitrogens with zero attached hydrogens (tertiary/aromatic N) is 3. The third-order valence-electron chi connectivity index (χ3n) is 7.18. The van der Waals surface area contributed by atoms with Gasteiger partial charge in [0.05, 0.1) is 25.9 Å². The van der Waals surface area contributed by atoms with Gasteiger partial charge < -0.3 is 23.8 Å². The van der Waals surface area contributed by atoms with E-state index in [1.807, 2.05) is 47.4 Å². The predicted octanol–water partition coefficient (Wildman–Crippen LogP) is 3.80. The zero-order valence-electron chi connectivity index (χ0n) is 21.3. The van der Waals surface area contributed by atoms with Crippen molar-refractivity contribution >= 4 is 5.91 Å². The summed E-state index contributed by atoms with van der Waals surface area (Å²) in [5.74, 6) is 2.05. The number of carbonyl (C=O) groups excluding carboxylic acids is 1. The molecule has 1 amide bonds. The summed E-state index contributed by atoms with van der Waals surface area (Å²) in [6.07, 6.45) is 3.86. The Balaban J connectivity index is 1.42. The van der Waals surface area contributed by atoms with Crippen LogP contribution in [-0.4, -0.2) is 75.4 Å². The van der Waals surface area contributed by atoms with Crippen molar-refractivity contribution in [2.75, 3.05) is 47.6 Å². The highest BCUT2D eigenvalue weighted by Crippen LogP contribution is 2.35. The zero-order valence-corrected chi connectivity index (χ0v) is 21.3. The van der Waals surface area contributed by atoms with E-state index in [9.17, 15) is 10.1 Å². The van der Waals surface area contributed by atoms with Crippen molar-refractivity contribution in [2.24, 2.45) is 0 Å². The largest absolute Gasteiger partial charge is 0.493 e. The standard InChI is InChI=1S/C28H35N3O5/c1-33-19-28(32)30-17-22-10-11-23(18-30)31(22)14-4-5-25(21-8-6-20(16-29)7-9-21)36-24-12-13-26(34-2)27(15-24)35-3/h6-9,12-13,15,22-23,25H,4-5,10-11,14,17-19H2,1-3H3. The van der Waals surface area contributed by atoms with Crippen LogP contribution in [0.15, 0.2) is 42.5 Å². The minimum atomic E-state index is -0.168. The summed E-state index contributed by atoms with van der Waals surface area (Å²) in [7, 11) is 4.78. The van der Waals surface area contributed by atoms with E-state index in [1.54, 1.807) is 21.3 Å². The lowest BCUT2D eigenvalue weighted by Gasteiger charge is -2.41. The van der Waals surface area contributed by atoms with E-state index in [4.69, 9.17) is 18.9 Å². The lowest BCUT2D eigenvalue weighted by Crippen LogP contribution is -2.56. The first-order chi connectivity index (χ1) is 17.6. The first-order valence-electron chi connectivity index (χ1n) is 12.5. The highest BCUT2D eigenvalue weighted by atomic mass is 16.5. The van der Waals surface area contributed by atoms with Crippen molar-refractivity contribution in [1.29, 1.82) is 5.26 Å². The highest BCUT2D eigenvalue weighted by molar-refractivity contribution is 5.77. The number of rotatable bonds is 11. The summed E-state index contributed by atoms with van der Waals surface area (Å²) in [5.41, 5.74) is 1.66. The number of piperazine rings is 1. The molecule has 2 saturated heterocycles. The van der Waals surface area contributed by atoms with E-state index in [0.29, 0.717) is 34.9 Å². The summed E-state index contributed by atoms with van der Waals surface area (Å²) in [5, 5.41) is 9.19. The van der Waals surface area contributed by atoms with Gasteiger partial charge in [-0.05, 0) is 62.1 Å². The highest BCUT2D eigenvalue weighted by Gasteiger charge is 2.40. The molecule has 192 valence electrons. The van der Waals surface area contributed by atoms with Crippen LogP contribution in [0.4, 0.5) is 0 Å². The molecular weight excluding hydrogens is 458 g/mol. The minimum Gasteiger partial charge on any atom is -0.493 e. The van der Waals surface area contributed by atoms with Crippen molar-refractivity contribution in [2.45, 2.75) is 43.9 Å². The Kier molecular flexibility index (Phi) is 8.68. The summed E-state index contributed by atoms with van der Waals surface area (Å²) >= 11 is 0. The van der Waals surface area contributed by atoms with Gasteiger partial charge >= 0.3 is 0 Å². The van der Waals surface area contributed by atoms with Crippen LogP contribution in [0.3, 0.4) is 0 Å². The number of ether oxygens (including phenoxy) is 4. The summed E-state index contributed by atoms with van der Waals surface area (Å²) < 4.78 is 22.3. The number of likely N-dealkylation sites (tertiary alicyclic amines) is 1. The lowest BCUT2D eigenvalue weighted by molar-refractivity contribution is -0.138. The van der Waals surface area contributed by atoms with Gasteiger partial charge in [-0.3, -0.25) is 9.69 Å². The van der Waals surface area contributed by atoms with Gasteiger partial charge in [-0.25, -0.2) is 0 Å². The molecule has 0 N–H and O–H groups in total. The molecule has 3 unspecified atom stereocenters. The number of nitriles is 1. The molecule has 0 radical (unpaired) electrons. The summed E-state index contributed by atoms with van der Waals surface area (Å²) in [4.78, 5) is 16.9. The smallest absolute Gasteiger partial charge is 0.248 e. The molecule has 2 fully saturated rings. The molecule has 2 aromatic rings. The fourth-order valence-electron chi connectivity index (χ4n) is 5.35. The molecule has 2 aromatic carbocycles. The van der Waals surface area contributed by atoms with Crippen LogP contribution in [0.25, 0.3) is 0 Å². The van der Waals surface area contributed by atoms with Gasteiger partial charge in [-0.15, -0.1) is 0 Å². The predicted molar refractivity (Wildman–Crippen MR) is 135 cm³/mol. The molecule has 8 nitrogen and oxygen atoms in total. The first kappa shape index (κ1) is 25.8. The van der Waals surface area contributed by atoms with E-state index in [1.165, 1.54) is 0 Å². The van der Waals surface area contributed by atoms with Crippen molar-refractivity contribution < 1.29 is 23.7 Å². The maximum absolute atomic E-state index is 12.3. The van der Waals surface area contributed by atoms with Crippen LogP contribution in [0.2, 0.25) is 0 Å². The van der Waals surface area contributed by atoms with Crippen molar-refractivity contribution in [1.82, 2.24) is 9.80 Å². The number of hydrogen-bond donors (Lipinski definition) is 0. The zero-order chi connectivity index (χ0) is 25.5. The average Bonchev–Trinajstić information content (AvgIpc) is 3.14. The Bertz CT molecular complexity index is 1050. The summed E-state index contributed by atoms with van der Waals surface area (Å²) in [6, 6.07) is 16.1. The molecule has 3 atom stereocenters. The summed E-state index contributed by atoms with van der Waals surface area (Å²) in [6.45, 7) is 2.67. The Hall–Kier alpha value is -3.28. The van der Waals surface area contributed by atoms with Gasteiger partial charge in [-0.2, -0.15) is 5.26 Å². The van der Waals surface area contributed by atoms with Gasteiger partial charge in [0.25, 0.3) is 0 Å². The second-order valence-electron chi connectivity index (χ2n) is 9.35. The monoisotopic (exact) mass is 493 g/mol. The Labute approximate surface area is 213 Å². The molecule has 0 aromatic heterocycles. The molecule has 2 bridgehead atoms. The first-order valence-corrected chi connectivity index (χ1v) is 12.5. The quantitative estimate of drug-likeness (QED) is 0.471. The number of benzene rings is 2. The van der Waals surface area contributed by atoms with Crippen LogP contribution in [0, 0.1) is 11.3 Å². The van der Waals surface area contributed by atoms with Gasteiger partial charge in [0.1, 0.15) is 18.5 Å². The van der Waals surface area contributed by atoms with Crippen molar-refractivity contribution in [3.63, 3.8) is 0 Å². The van der Waals surface area contributed by atoms with E-state index < -0.39 is 0 Å². The Morgan fingerprint density at radius 2 is 1.72 bits per heavy atom. The van der Waals surface area contributed by atoms with E-state index >= 15 is 0 Å². The van der Waals surface area contributed by atoms with E-state index in [2.05, 4.69) is 11.0 Å². The number of carbonyl (C=O) groups is 1. The lowest BCUT2D eigenvalue weighted by atomic mass is 10.0. The van der Waals surface area contributed by atoms with Crippen molar-refractivity contribution in [3.05, 3.63) is 53.6 Å². The van der Waals surface area contributed by atoms with Crippen LogP contribution in [0.5, 0.6) is 17.2 Å². The maximum atomic E-state index is 12.3. The third kappa shape index (κ3) is 5.92. The molecule has 36 heavy (non-hydrogen) atoms. The molecule has 0 spiro atoms. The second-order valence-corrected chi connectivity index (χ2v) is 9.35. The number of methoxy groups -OCH3 is 3. The fourth-order valence-corrected chi connectivity index (χ4v) is 5.35. The van der Waals surface area contributed by atoms with Crippen molar-refractivity contribution in [3.8, 4) is 23.3 Å². The minimum absolute atomic E-state index is 0.0817. The van der Waals surface area contributed by atoms with Gasteiger partial charge in [0.15, 0.2) is 11.5 Å². The maximum Gasteiger partial charge on any atom is 0.248 e. The number of fused-ring (bicyclic) bond motifs is 2. The molecule has 8 heteroatoms. The topological polar surface area (TPSA) is 84.3 Å². The van der Waals surface area contributed by atoms with Crippen LogP contribution >= 0.6 is 0 Å².